The number of aromatic nitrogens is 1. The van der Waals surface area contributed by atoms with Crippen LogP contribution in [0.3, 0.4) is 0 Å². The third-order valence-electron chi connectivity index (χ3n) is 5.31. The van der Waals surface area contributed by atoms with Gasteiger partial charge in [0.25, 0.3) is 5.91 Å². The molecule has 28 heavy (non-hydrogen) atoms. The van der Waals surface area contributed by atoms with E-state index in [4.69, 9.17) is 9.72 Å². The topological polar surface area (TPSA) is 42.4 Å². The fourth-order valence-electron chi connectivity index (χ4n) is 3.88. The van der Waals surface area contributed by atoms with Gasteiger partial charge in [-0.3, -0.25) is 4.79 Å². The van der Waals surface area contributed by atoms with Gasteiger partial charge in [0.2, 0.25) is 0 Å². The van der Waals surface area contributed by atoms with Gasteiger partial charge in [0.1, 0.15) is 0 Å². The molecule has 0 radical (unpaired) electrons. The zero-order valence-electron chi connectivity index (χ0n) is 15.5. The van der Waals surface area contributed by atoms with Crippen LogP contribution in [0.5, 0.6) is 0 Å². The number of fused-ring (bicyclic) bond motifs is 2. The number of ether oxygens (including phenoxy) is 1. The number of pyridine rings is 1. The first-order chi connectivity index (χ1) is 13.8. The van der Waals surface area contributed by atoms with Crippen LogP contribution in [-0.2, 0) is 4.74 Å². The van der Waals surface area contributed by atoms with E-state index in [0.29, 0.717) is 31.9 Å². The van der Waals surface area contributed by atoms with Gasteiger partial charge in [-0.05, 0) is 22.9 Å². The lowest BCUT2D eigenvalue weighted by Gasteiger charge is -2.27. The molecule has 1 fully saturated rings. The summed E-state index contributed by atoms with van der Waals surface area (Å²) in [4.78, 5) is 20.1. The van der Waals surface area contributed by atoms with Gasteiger partial charge in [0.15, 0.2) is 0 Å². The molecule has 3 aromatic carbocycles. The number of nitrogens with zero attached hydrogens (tertiary/aromatic N) is 2. The molecule has 1 aliphatic heterocycles. The van der Waals surface area contributed by atoms with Gasteiger partial charge in [-0.1, -0.05) is 60.7 Å². The molecule has 0 atom stereocenters. The largest absolute Gasteiger partial charge is 0.378 e. The third kappa shape index (κ3) is 2.92. The molecule has 0 saturated carbocycles. The first-order valence-electron chi connectivity index (χ1n) is 9.56. The molecule has 4 heteroatoms. The van der Waals surface area contributed by atoms with Gasteiger partial charge in [0.05, 0.1) is 30.0 Å². The SMILES string of the molecule is O=C(c1cc(-c2cccc3ccccc23)nc2ccccc12)N1CCOCC1. The average Bonchev–Trinajstić information content (AvgIpc) is 2.78. The Labute approximate surface area is 163 Å². The van der Waals surface area contributed by atoms with E-state index >= 15 is 0 Å². The molecule has 1 aliphatic rings. The number of carbonyl (C=O) groups excluding carboxylic acids is 1. The first-order valence-corrected chi connectivity index (χ1v) is 9.56. The lowest BCUT2D eigenvalue weighted by atomic mass is 9.98. The smallest absolute Gasteiger partial charge is 0.254 e. The Morgan fingerprint density at radius 2 is 1.57 bits per heavy atom. The Hall–Kier alpha value is -3.24. The van der Waals surface area contributed by atoms with Crippen LogP contribution in [0.4, 0.5) is 0 Å². The van der Waals surface area contributed by atoms with E-state index in [9.17, 15) is 4.79 Å². The lowest BCUT2D eigenvalue weighted by Crippen LogP contribution is -2.40. The molecule has 2 heterocycles. The molecule has 1 amide bonds. The van der Waals surface area contributed by atoms with E-state index in [-0.39, 0.29) is 5.91 Å². The summed E-state index contributed by atoms with van der Waals surface area (Å²) < 4.78 is 5.41. The van der Waals surface area contributed by atoms with Crippen LogP contribution in [0.1, 0.15) is 10.4 Å². The van der Waals surface area contributed by atoms with Crippen molar-refractivity contribution in [3.63, 3.8) is 0 Å². The monoisotopic (exact) mass is 368 g/mol. The van der Waals surface area contributed by atoms with E-state index in [1.54, 1.807) is 0 Å². The van der Waals surface area contributed by atoms with Crippen LogP contribution in [0.2, 0.25) is 0 Å². The average molecular weight is 368 g/mol. The van der Waals surface area contributed by atoms with Crippen molar-refractivity contribution in [2.45, 2.75) is 0 Å². The minimum Gasteiger partial charge on any atom is -0.378 e. The molecule has 1 aromatic heterocycles. The molecule has 4 nitrogen and oxygen atoms in total. The Kier molecular flexibility index (Phi) is 4.26. The highest BCUT2D eigenvalue weighted by atomic mass is 16.5. The van der Waals surface area contributed by atoms with Crippen molar-refractivity contribution >= 4 is 27.6 Å². The van der Waals surface area contributed by atoms with Crippen LogP contribution in [0, 0.1) is 0 Å². The van der Waals surface area contributed by atoms with E-state index in [2.05, 4.69) is 24.3 Å². The molecule has 5 rings (SSSR count). The number of hydrogen-bond donors (Lipinski definition) is 0. The highest BCUT2D eigenvalue weighted by molar-refractivity contribution is 6.08. The zero-order chi connectivity index (χ0) is 18.9. The van der Waals surface area contributed by atoms with Crippen molar-refractivity contribution in [3.05, 3.63) is 78.4 Å². The highest BCUT2D eigenvalue weighted by Crippen LogP contribution is 2.31. The summed E-state index contributed by atoms with van der Waals surface area (Å²) in [5, 5.41) is 3.19. The van der Waals surface area contributed by atoms with E-state index in [1.165, 1.54) is 0 Å². The molecule has 4 aromatic rings. The Balaban J connectivity index is 1.71. The number of morpholine rings is 1. The predicted molar refractivity (Wildman–Crippen MR) is 111 cm³/mol. The van der Waals surface area contributed by atoms with E-state index in [0.717, 1.165) is 32.9 Å². The van der Waals surface area contributed by atoms with E-state index in [1.807, 2.05) is 53.4 Å². The molecular formula is C24H20N2O2. The van der Waals surface area contributed by atoms with Crippen molar-refractivity contribution in [2.24, 2.45) is 0 Å². The third-order valence-corrected chi connectivity index (χ3v) is 5.31. The summed E-state index contributed by atoms with van der Waals surface area (Å²) in [6, 6.07) is 24.3. The summed E-state index contributed by atoms with van der Waals surface area (Å²) in [6.45, 7) is 2.42. The second-order valence-corrected chi connectivity index (χ2v) is 7.00. The molecule has 0 unspecified atom stereocenters. The van der Waals surface area contributed by atoms with Gasteiger partial charge in [-0.2, -0.15) is 0 Å². The van der Waals surface area contributed by atoms with Crippen LogP contribution < -0.4 is 0 Å². The van der Waals surface area contributed by atoms with Gasteiger partial charge >= 0.3 is 0 Å². The first kappa shape index (κ1) is 16.9. The van der Waals surface area contributed by atoms with Gasteiger partial charge in [0, 0.05) is 24.0 Å². The lowest BCUT2D eigenvalue weighted by molar-refractivity contribution is 0.0304. The minimum atomic E-state index is 0.0448. The van der Waals surface area contributed by atoms with Crippen molar-refractivity contribution in [1.82, 2.24) is 9.88 Å². The maximum Gasteiger partial charge on any atom is 0.254 e. The molecular weight excluding hydrogens is 348 g/mol. The molecule has 0 N–H and O–H groups in total. The van der Waals surface area contributed by atoms with Crippen molar-refractivity contribution in [3.8, 4) is 11.3 Å². The number of para-hydroxylation sites is 1. The standard InChI is InChI=1S/C24H20N2O2/c27-24(26-12-14-28-15-13-26)21-16-23(25-22-11-4-3-9-20(21)22)19-10-5-7-17-6-1-2-8-18(17)19/h1-11,16H,12-15H2. The van der Waals surface area contributed by atoms with E-state index < -0.39 is 0 Å². The molecule has 138 valence electrons. The normalized spacial score (nSPS) is 14.5. The quantitative estimate of drug-likeness (QED) is 0.522. The Morgan fingerprint density at radius 1 is 0.857 bits per heavy atom. The summed E-state index contributed by atoms with van der Waals surface area (Å²) in [7, 11) is 0. The molecule has 1 saturated heterocycles. The summed E-state index contributed by atoms with van der Waals surface area (Å²) in [5.74, 6) is 0.0448. The highest BCUT2D eigenvalue weighted by Gasteiger charge is 2.22. The number of carbonyl (C=O) groups is 1. The van der Waals surface area contributed by atoms with Gasteiger partial charge in [-0.25, -0.2) is 4.98 Å². The molecule has 0 spiro atoms. The minimum absolute atomic E-state index is 0.0448. The van der Waals surface area contributed by atoms with Crippen molar-refractivity contribution in [2.75, 3.05) is 26.3 Å². The number of rotatable bonds is 2. The van der Waals surface area contributed by atoms with Crippen LogP contribution >= 0.6 is 0 Å². The van der Waals surface area contributed by atoms with Crippen LogP contribution in [0.15, 0.2) is 72.8 Å². The number of benzene rings is 3. The number of hydrogen-bond acceptors (Lipinski definition) is 3. The second kappa shape index (κ2) is 7.06. The fourth-order valence-corrected chi connectivity index (χ4v) is 3.88. The maximum absolute atomic E-state index is 13.3. The summed E-state index contributed by atoms with van der Waals surface area (Å²) >= 11 is 0. The summed E-state index contributed by atoms with van der Waals surface area (Å²) in [6.07, 6.45) is 0. The molecule has 0 bridgehead atoms. The zero-order valence-corrected chi connectivity index (χ0v) is 15.5. The fraction of sp³-hybridized carbons (Fsp3) is 0.167. The molecule has 0 aliphatic carbocycles. The van der Waals surface area contributed by atoms with Gasteiger partial charge < -0.3 is 9.64 Å². The van der Waals surface area contributed by atoms with Crippen LogP contribution in [-0.4, -0.2) is 42.1 Å². The Morgan fingerprint density at radius 3 is 2.43 bits per heavy atom. The van der Waals surface area contributed by atoms with Gasteiger partial charge in [-0.15, -0.1) is 0 Å². The predicted octanol–water partition coefficient (Wildman–Crippen LogP) is 4.53. The van der Waals surface area contributed by atoms with Crippen molar-refractivity contribution in [1.29, 1.82) is 0 Å². The summed E-state index contributed by atoms with van der Waals surface area (Å²) in [5.41, 5.74) is 3.41. The maximum atomic E-state index is 13.3. The number of amides is 1. The Bertz CT molecular complexity index is 1170. The second-order valence-electron chi connectivity index (χ2n) is 7.00. The van der Waals surface area contributed by atoms with Crippen molar-refractivity contribution < 1.29 is 9.53 Å². The van der Waals surface area contributed by atoms with Crippen LogP contribution in [0.25, 0.3) is 32.9 Å².